The number of halogens is 3. The first-order valence-electron chi connectivity index (χ1n) is 7.45. The van der Waals surface area contributed by atoms with E-state index in [1.54, 1.807) is 47.5 Å². The molecular weight excluding hydrogens is 410 g/mol. The van der Waals surface area contributed by atoms with Crippen molar-refractivity contribution in [2.75, 3.05) is 5.32 Å². The summed E-state index contributed by atoms with van der Waals surface area (Å²) >= 11 is 3.34. The quantitative estimate of drug-likeness (QED) is 0.504. The first-order chi connectivity index (χ1) is 12.6. The fourth-order valence-electron chi connectivity index (χ4n) is 2.54. The van der Waals surface area contributed by atoms with Crippen LogP contribution in [0, 0.1) is 0 Å². The molecule has 0 amide bonds. The van der Waals surface area contributed by atoms with Gasteiger partial charge in [-0.05, 0) is 24.3 Å². The Morgan fingerprint density at radius 1 is 1.23 bits per heavy atom. The van der Waals surface area contributed by atoms with Gasteiger partial charge in [-0.3, -0.25) is 5.10 Å². The standard InChI is InChI=1S/C16H11BrF2N6O/c17-9-2-3-13(26-16(18)19)10(6-9)14-11(7-21-24-14)23-12-8-22-25-5-1-4-20-15(12)25/h1-8,16,23H,(H,21,24). The minimum Gasteiger partial charge on any atom is -0.434 e. The zero-order chi connectivity index (χ0) is 18.1. The maximum Gasteiger partial charge on any atom is 0.387 e. The number of aromatic nitrogens is 5. The number of anilines is 2. The molecule has 4 aromatic rings. The van der Waals surface area contributed by atoms with Gasteiger partial charge < -0.3 is 10.1 Å². The predicted octanol–water partition coefficient (Wildman–Crippen LogP) is 4.23. The van der Waals surface area contributed by atoms with Crippen LogP contribution < -0.4 is 10.1 Å². The van der Waals surface area contributed by atoms with Gasteiger partial charge in [0.1, 0.15) is 11.4 Å². The van der Waals surface area contributed by atoms with Gasteiger partial charge >= 0.3 is 6.61 Å². The third-order valence-corrected chi connectivity index (χ3v) is 4.11. The van der Waals surface area contributed by atoms with Gasteiger partial charge in [-0.15, -0.1) is 0 Å². The number of alkyl halides is 2. The monoisotopic (exact) mass is 420 g/mol. The van der Waals surface area contributed by atoms with Crippen LogP contribution in [0.25, 0.3) is 16.9 Å². The van der Waals surface area contributed by atoms with Gasteiger partial charge in [-0.2, -0.15) is 19.0 Å². The molecule has 26 heavy (non-hydrogen) atoms. The van der Waals surface area contributed by atoms with E-state index in [2.05, 4.69) is 46.3 Å². The number of hydrogen-bond acceptors (Lipinski definition) is 5. The summed E-state index contributed by atoms with van der Waals surface area (Å²) in [5.41, 5.74) is 2.78. The highest BCUT2D eigenvalue weighted by Gasteiger charge is 2.17. The lowest BCUT2D eigenvalue weighted by atomic mass is 10.1. The van der Waals surface area contributed by atoms with Crippen molar-refractivity contribution >= 4 is 33.0 Å². The van der Waals surface area contributed by atoms with Crippen LogP contribution in [0.3, 0.4) is 0 Å². The molecule has 0 saturated carbocycles. The summed E-state index contributed by atoms with van der Waals surface area (Å²) in [7, 11) is 0. The Hall–Kier alpha value is -3.01. The van der Waals surface area contributed by atoms with E-state index in [1.807, 2.05) is 0 Å². The molecule has 10 heteroatoms. The highest BCUT2D eigenvalue weighted by Crippen LogP contribution is 2.37. The van der Waals surface area contributed by atoms with Crippen molar-refractivity contribution in [3.8, 4) is 17.0 Å². The summed E-state index contributed by atoms with van der Waals surface area (Å²) < 4.78 is 32.4. The van der Waals surface area contributed by atoms with Crippen molar-refractivity contribution in [1.82, 2.24) is 24.8 Å². The third kappa shape index (κ3) is 3.10. The number of benzene rings is 1. The van der Waals surface area contributed by atoms with E-state index in [1.165, 1.54) is 6.07 Å². The van der Waals surface area contributed by atoms with Crippen molar-refractivity contribution in [1.29, 1.82) is 0 Å². The molecule has 0 spiro atoms. The maximum atomic E-state index is 12.7. The number of ether oxygens (including phenoxy) is 1. The number of nitrogens with zero attached hydrogens (tertiary/aromatic N) is 4. The van der Waals surface area contributed by atoms with Gasteiger partial charge in [0.05, 0.1) is 23.8 Å². The molecule has 0 saturated heterocycles. The molecule has 1 aromatic carbocycles. The Balaban J connectivity index is 1.75. The van der Waals surface area contributed by atoms with Crippen LogP contribution in [0.1, 0.15) is 0 Å². The van der Waals surface area contributed by atoms with E-state index >= 15 is 0 Å². The fraction of sp³-hybridized carbons (Fsp3) is 0.0625. The van der Waals surface area contributed by atoms with Crippen LogP contribution in [0.5, 0.6) is 5.75 Å². The van der Waals surface area contributed by atoms with Crippen molar-refractivity contribution in [2.24, 2.45) is 0 Å². The van der Waals surface area contributed by atoms with E-state index < -0.39 is 6.61 Å². The molecule has 0 radical (unpaired) electrons. The first-order valence-corrected chi connectivity index (χ1v) is 8.24. The lowest BCUT2D eigenvalue weighted by molar-refractivity contribution is -0.0494. The first kappa shape index (κ1) is 16.5. The molecule has 0 aliphatic heterocycles. The van der Waals surface area contributed by atoms with Gasteiger partial charge in [0, 0.05) is 22.4 Å². The second kappa shape index (κ2) is 6.71. The Kier molecular flexibility index (Phi) is 4.25. The Morgan fingerprint density at radius 2 is 2.12 bits per heavy atom. The zero-order valence-electron chi connectivity index (χ0n) is 13.0. The largest absolute Gasteiger partial charge is 0.434 e. The second-order valence-electron chi connectivity index (χ2n) is 5.25. The minimum absolute atomic E-state index is 0.0356. The Morgan fingerprint density at radius 3 is 2.96 bits per heavy atom. The highest BCUT2D eigenvalue weighted by atomic mass is 79.9. The summed E-state index contributed by atoms with van der Waals surface area (Å²) in [5.74, 6) is 0.0356. The molecule has 4 rings (SSSR count). The van der Waals surface area contributed by atoms with E-state index in [0.29, 0.717) is 32.8 Å². The SMILES string of the molecule is FC(F)Oc1ccc(Br)cc1-c1[nH]ncc1Nc1cnn2cccnc12. The summed E-state index contributed by atoms with van der Waals surface area (Å²) in [6, 6.07) is 6.53. The fourth-order valence-corrected chi connectivity index (χ4v) is 2.90. The van der Waals surface area contributed by atoms with E-state index in [9.17, 15) is 8.78 Å². The van der Waals surface area contributed by atoms with Gasteiger partial charge in [-0.25, -0.2) is 9.50 Å². The molecular formula is C16H11BrF2N6O. The van der Waals surface area contributed by atoms with Crippen LogP contribution in [0.4, 0.5) is 20.2 Å². The number of hydrogen-bond donors (Lipinski definition) is 2. The van der Waals surface area contributed by atoms with E-state index in [4.69, 9.17) is 0 Å². The number of H-pyrrole nitrogens is 1. The molecule has 3 heterocycles. The summed E-state index contributed by atoms with van der Waals surface area (Å²) in [4.78, 5) is 4.27. The molecule has 0 fully saturated rings. The highest BCUT2D eigenvalue weighted by molar-refractivity contribution is 9.10. The summed E-state index contributed by atoms with van der Waals surface area (Å²) in [6.07, 6.45) is 6.60. The van der Waals surface area contributed by atoms with Gasteiger partial charge in [0.2, 0.25) is 0 Å². The molecule has 0 bridgehead atoms. The Bertz CT molecular complexity index is 1060. The lowest BCUT2D eigenvalue weighted by Crippen LogP contribution is -2.03. The van der Waals surface area contributed by atoms with Crippen LogP contribution in [0.15, 0.2) is 53.5 Å². The van der Waals surface area contributed by atoms with Crippen LogP contribution in [-0.4, -0.2) is 31.4 Å². The molecule has 0 unspecified atom stereocenters. The predicted molar refractivity (Wildman–Crippen MR) is 94.6 cm³/mol. The van der Waals surface area contributed by atoms with Crippen molar-refractivity contribution in [2.45, 2.75) is 6.61 Å². The van der Waals surface area contributed by atoms with Crippen LogP contribution in [-0.2, 0) is 0 Å². The van der Waals surface area contributed by atoms with Gasteiger partial charge in [-0.1, -0.05) is 15.9 Å². The summed E-state index contributed by atoms with van der Waals surface area (Å²) in [6.45, 7) is -2.93. The molecule has 7 nitrogen and oxygen atoms in total. The zero-order valence-corrected chi connectivity index (χ0v) is 14.6. The van der Waals surface area contributed by atoms with Gasteiger partial charge in [0.15, 0.2) is 5.65 Å². The lowest BCUT2D eigenvalue weighted by Gasteiger charge is -2.12. The maximum absolute atomic E-state index is 12.7. The van der Waals surface area contributed by atoms with Crippen LogP contribution >= 0.6 is 15.9 Å². The van der Waals surface area contributed by atoms with Crippen LogP contribution in [0.2, 0.25) is 0 Å². The minimum atomic E-state index is -2.93. The molecule has 0 atom stereocenters. The molecule has 0 aliphatic rings. The smallest absolute Gasteiger partial charge is 0.387 e. The van der Waals surface area contributed by atoms with Crippen molar-refractivity contribution in [3.63, 3.8) is 0 Å². The van der Waals surface area contributed by atoms with Gasteiger partial charge in [0.25, 0.3) is 0 Å². The van der Waals surface area contributed by atoms with E-state index in [-0.39, 0.29) is 5.75 Å². The topological polar surface area (TPSA) is 80.1 Å². The second-order valence-corrected chi connectivity index (χ2v) is 6.16. The number of rotatable bonds is 5. The molecule has 3 aromatic heterocycles. The summed E-state index contributed by atoms with van der Waals surface area (Å²) in [5, 5.41) is 14.2. The average Bonchev–Trinajstić information content (AvgIpc) is 3.24. The van der Waals surface area contributed by atoms with Crippen molar-refractivity contribution in [3.05, 3.63) is 53.5 Å². The normalized spacial score (nSPS) is 11.2. The number of aromatic amines is 1. The average molecular weight is 421 g/mol. The Labute approximate surface area is 154 Å². The number of nitrogens with one attached hydrogen (secondary N) is 2. The molecule has 0 aliphatic carbocycles. The molecule has 2 N–H and O–H groups in total. The molecule has 132 valence electrons. The third-order valence-electron chi connectivity index (χ3n) is 3.61. The van der Waals surface area contributed by atoms with E-state index in [0.717, 1.165) is 0 Å². The van der Waals surface area contributed by atoms with Crippen molar-refractivity contribution < 1.29 is 13.5 Å². The number of fused-ring (bicyclic) bond motifs is 1.